The number of ether oxygens (including phenoxy) is 1. The minimum atomic E-state index is -0.633. The molecule has 2 aromatic carbocycles. The molecule has 0 saturated heterocycles. The fraction of sp³-hybridized carbons (Fsp3) is 0.316. The van der Waals surface area contributed by atoms with Crippen molar-refractivity contribution < 1.29 is 14.6 Å². The average molecular weight is 348 g/mol. The number of amides is 1. The molecule has 2 N–H and O–H groups in total. The predicted octanol–water partition coefficient (Wildman–Crippen LogP) is 3.74. The summed E-state index contributed by atoms with van der Waals surface area (Å²) in [5, 5.41) is 12.7. The number of rotatable bonds is 8. The predicted molar refractivity (Wildman–Crippen MR) is 95.2 cm³/mol. The topological polar surface area (TPSA) is 58.6 Å². The molecule has 2 rings (SSSR count). The zero-order chi connectivity index (χ0) is 17.4. The summed E-state index contributed by atoms with van der Waals surface area (Å²) in [6.45, 7) is 1.80. The Bertz CT molecular complexity index is 631. The summed E-state index contributed by atoms with van der Waals surface area (Å²) >= 11 is 5.84. The average Bonchev–Trinajstić information content (AvgIpc) is 2.61. The molecule has 2 unspecified atom stereocenters. The molecule has 0 aromatic heterocycles. The van der Waals surface area contributed by atoms with Crippen LogP contribution in [0.3, 0.4) is 0 Å². The molecular weight excluding hydrogens is 326 g/mol. The summed E-state index contributed by atoms with van der Waals surface area (Å²) in [6.07, 6.45) is 0.651. The monoisotopic (exact) mass is 347 g/mol. The van der Waals surface area contributed by atoms with Gasteiger partial charge < -0.3 is 15.2 Å². The lowest BCUT2D eigenvalue weighted by atomic mass is 10.0. The van der Waals surface area contributed by atoms with Crippen LogP contribution in [0.25, 0.3) is 0 Å². The van der Waals surface area contributed by atoms with Crippen LogP contribution in [-0.2, 0) is 4.79 Å². The molecule has 0 bridgehead atoms. The van der Waals surface area contributed by atoms with Crippen LogP contribution >= 0.6 is 11.6 Å². The second kappa shape index (κ2) is 9.30. The molecule has 0 aliphatic carbocycles. The van der Waals surface area contributed by atoms with Crippen molar-refractivity contribution in [2.75, 3.05) is 6.61 Å². The normalized spacial score (nSPS) is 13.1. The van der Waals surface area contributed by atoms with Crippen molar-refractivity contribution >= 4 is 17.5 Å². The van der Waals surface area contributed by atoms with Crippen LogP contribution in [0.5, 0.6) is 5.75 Å². The number of halogens is 1. The largest absolute Gasteiger partial charge is 0.481 e. The van der Waals surface area contributed by atoms with E-state index in [9.17, 15) is 4.79 Å². The van der Waals surface area contributed by atoms with Crippen LogP contribution in [0.2, 0.25) is 5.02 Å². The Labute approximate surface area is 147 Å². The molecule has 0 spiro atoms. The van der Waals surface area contributed by atoms with Crippen LogP contribution in [0.15, 0.2) is 54.6 Å². The maximum absolute atomic E-state index is 12.4. The molecule has 0 aliphatic rings. The van der Waals surface area contributed by atoms with E-state index in [-0.39, 0.29) is 18.6 Å². The van der Waals surface area contributed by atoms with Gasteiger partial charge in [-0.2, -0.15) is 0 Å². The van der Waals surface area contributed by atoms with Gasteiger partial charge in [-0.05, 0) is 49.6 Å². The fourth-order valence-corrected chi connectivity index (χ4v) is 2.49. The number of hydrogen-bond acceptors (Lipinski definition) is 3. The maximum atomic E-state index is 12.4. The molecule has 0 saturated carbocycles. The zero-order valence-electron chi connectivity index (χ0n) is 13.6. The lowest BCUT2D eigenvalue weighted by Crippen LogP contribution is -2.38. The highest BCUT2D eigenvalue weighted by molar-refractivity contribution is 6.30. The number of hydrogen-bond donors (Lipinski definition) is 2. The fourth-order valence-electron chi connectivity index (χ4n) is 2.36. The quantitative estimate of drug-likeness (QED) is 0.764. The Morgan fingerprint density at radius 1 is 1.17 bits per heavy atom. The van der Waals surface area contributed by atoms with E-state index >= 15 is 0 Å². The van der Waals surface area contributed by atoms with E-state index in [1.165, 1.54) is 0 Å². The lowest BCUT2D eigenvalue weighted by molar-refractivity contribution is -0.128. The standard InChI is InChI=1S/C19H22ClNO3/c1-14(24-17-11-9-16(20)10-12-17)19(23)21-18(8-5-13-22)15-6-3-2-4-7-15/h2-4,6-7,9-12,14,18,22H,5,8,13H2,1H3,(H,21,23). The first kappa shape index (κ1) is 18.3. The van der Waals surface area contributed by atoms with Gasteiger partial charge in [0, 0.05) is 11.6 Å². The Balaban J connectivity index is 1.99. The molecule has 128 valence electrons. The summed E-state index contributed by atoms with van der Waals surface area (Å²) in [4.78, 5) is 12.4. The maximum Gasteiger partial charge on any atom is 0.261 e. The van der Waals surface area contributed by atoms with Crippen LogP contribution in [0.1, 0.15) is 31.4 Å². The minimum absolute atomic E-state index is 0.0933. The Hall–Kier alpha value is -2.04. The van der Waals surface area contributed by atoms with Gasteiger partial charge >= 0.3 is 0 Å². The molecule has 4 nitrogen and oxygen atoms in total. The molecule has 0 fully saturated rings. The summed E-state index contributed by atoms with van der Waals surface area (Å²) in [7, 11) is 0. The van der Waals surface area contributed by atoms with Gasteiger partial charge in [0.25, 0.3) is 5.91 Å². The molecule has 0 radical (unpaired) electrons. The summed E-state index contributed by atoms with van der Waals surface area (Å²) < 4.78 is 5.65. The van der Waals surface area contributed by atoms with E-state index in [2.05, 4.69) is 5.32 Å². The Morgan fingerprint density at radius 3 is 2.46 bits per heavy atom. The van der Waals surface area contributed by atoms with E-state index < -0.39 is 6.10 Å². The minimum Gasteiger partial charge on any atom is -0.481 e. The Kier molecular flexibility index (Phi) is 7.09. The van der Waals surface area contributed by atoms with Gasteiger partial charge in [0.15, 0.2) is 6.10 Å². The molecule has 5 heteroatoms. The number of aliphatic hydroxyl groups is 1. The van der Waals surface area contributed by atoms with Crippen LogP contribution in [-0.4, -0.2) is 23.7 Å². The molecule has 2 atom stereocenters. The summed E-state index contributed by atoms with van der Waals surface area (Å²) in [6, 6.07) is 16.5. The van der Waals surface area contributed by atoms with Gasteiger partial charge in [-0.15, -0.1) is 0 Å². The van der Waals surface area contributed by atoms with E-state index in [1.807, 2.05) is 30.3 Å². The lowest BCUT2D eigenvalue weighted by Gasteiger charge is -2.22. The van der Waals surface area contributed by atoms with Crippen LogP contribution < -0.4 is 10.1 Å². The van der Waals surface area contributed by atoms with Crippen LogP contribution in [0, 0.1) is 0 Å². The zero-order valence-corrected chi connectivity index (χ0v) is 14.4. The third kappa shape index (κ3) is 5.55. The van der Waals surface area contributed by atoms with Crippen molar-refractivity contribution in [1.29, 1.82) is 0 Å². The highest BCUT2D eigenvalue weighted by Gasteiger charge is 2.20. The van der Waals surface area contributed by atoms with Gasteiger partial charge in [-0.3, -0.25) is 4.79 Å². The molecule has 1 amide bonds. The van der Waals surface area contributed by atoms with Crippen molar-refractivity contribution in [3.63, 3.8) is 0 Å². The number of aliphatic hydroxyl groups excluding tert-OH is 1. The third-order valence-corrected chi connectivity index (χ3v) is 3.92. The highest BCUT2D eigenvalue weighted by Crippen LogP contribution is 2.20. The summed E-state index contributed by atoms with van der Waals surface area (Å²) in [5.74, 6) is 0.394. The summed E-state index contributed by atoms with van der Waals surface area (Å²) in [5.41, 5.74) is 1.01. The van der Waals surface area contributed by atoms with Crippen molar-refractivity contribution in [2.24, 2.45) is 0 Å². The first-order valence-corrected chi connectivity index (χ1v) is 8.36. The van der Waals surface area contributed by atoms with E-state index in [0.717, 1.165) is 5.56 Å². The van der Waals surface area contributed by atoms with Crippen molar-refractivity contribution in [1.82, 2.24) is 5.32 Å². The number of carbonyl (C=O) groups excluding carboxylic acids is 1. The van der Waals surface area contributed by atoms with Gasteiger partial charge in [0.1, 0.15) is 5.75 Å². The molecule has 0 aliphatic heterocycles. The van der Waals surface area contributed by atoms with Gasteiger partial charge in [-0.25, -0.2) is 0 Å². The van der Waals surface area contributed by atoms with Gasteiger partial charge in [0.05, 0.1) is 6.04 Å². The van der Waals surface area contributed by atoms with E-state index in [4.69, 9.17) is 21.4 Å². The second-order valence-corrected chi connectivity index (χ2v) is 5.99. The number of carbonyl (C=O) groups is 1. The van der Waals surface area contributed by atoms with Crippen molar-refractivity contribution in [3.05, 3.63) is 65.2 Å². The Morgan fingerprint density at radius 2 is 1.83 bits per heavy atom. The highest BCUT2D eigenvalue weighted by atomic mass is 35.5. The molecule has 0 heterocycles. The molecular formula is C19H22ClNO3. The van der Waals surface area contributed by atoms with Gasteiger partial charge in [0.2, 0.25) is 0 Å². The SMILES string of the molecule is CC(Oc1ccc(Cl)cc1)C(=O)NC(CCCO)c1ccccc1. The number of benzene rings is 2. The third-order valence-electron chi connectivity index (χ3n) is 3.67. The molecule has 24 heavy (non-hydrogen) atoms. The first-order chi connectivity index (χ1) is 11.6. The number of nitrogens with one attached hydrogen (secondary N) is 1. The van der Waals surface area contributed by atoms with Crippen molar-refractivity contribution in [2.45, 2.75) is 31.9 Å². The van der Waals surface area contributed by atoms with Gasteiger partial charge in [-0.1, -0.05) is 41.9 Å². The van der Waals surface area contributed by atoms with Crippen LogP contribution in [0.4, 0.5) is 0 Å². The van der Waals surface area contributed by atoms with Crippen molar-refractivity contribution in [3.8, 4) is 5.75 Å². The second-order valence-electron chi connectivity index (χ2n) is 5.55. The first-order valence-electron chi connectivity index (χ1n) is 7.98. The van der Waals surface area contributed by atoms with E-state index in [1.54, 1.807) is 31.2 Å². The van der Waals surface area contributed by atoms with E-state index in [0.29, 0.717) is 23.6 Å². The smallest absolute Gasteiger partial charge is 0.261 e. The molecule has 2 aromatic rings.